The normalized spacial score (nSPS) is 31.2. The maximum Gasteiger partial charge on any atom is 0.427 e. The molecule has 0 unspecified atom stereocenters. The number of halogens is 4. The first-order valence-corrected chi connectivity index (χ1v) is 20.8. The van der Waals surface area contributed by atoms with Gasteiger partial charge in [-0.25, -0.2) is 22.5 Å². The highest BCUT2D eigenvalue weighted by Gasteiger charge is 2.83. The van der Waals surface area contributed by atoms with Crippen LogP contribution in [-0.4, -0.2) is 92.8 Å². The Balaban J connectivity index is 1.14. The minimum Gasteiger partial charge on any atom is -0.483 e. The van der Waals surface area contributed by atoms with Crippen LogP contribution in [0.4, 0.5) is 18.0 Å². The molecule has 13 nitrogen and oxygen atoms in total. The lowest BCUT2D eigenvalue weighted by molar-refractivity contribution is -0.244. The number of ether oxygens (including phenoxy) is 2. The lowest BCUT2D eigenvalue weighted by atomic mass is 9.87. The summed E-state index contributed by atoms with van der Waals surface area (Å²) in [4.78, 5) is 61.1. The zero-order valence-electron chi connectivity index (χ0n) is 31.1. The van der Waals surface area contributed by atoms with E-state index in [4.69, 9.17) is 26.1 Å². The van der Waals surface area contributed by atoms with Gasteiger partial charge in [-0.15, -0.1) is 0 Å². The average molecular weight is 822 g/mol. The van der Waals surface area contributed by atoms with Gasteiger partial charge in [0.25, 0.3) is 15.9 Å². The zero-order chi connectivity index (χ0) is 40.2. The highest BCUT2D eigenvalue weighted by Crippen LogP contribution is 2.64. The summed E-state index contributed by atoms with van der Waals surface area (Å²) in [6.45, 7) is 3.06. The van der Waals surface area contributed by atoms with Crippen molar-refractivity contribution in [2.24, 2.45) is 5.92 Å². The molecule has 2 saturated carbocycles. The fourth-order valence-corrected chi connectivity index (χ4v) is 11.0. The summed E-state index contributed by atoms with van der Waals surface area (Å²) < 4.78 is 79.3. The van der Waals surface area contributed by atoms with Gasteiger partial charge in [0.15, 0.2) is 4.87 Å². The number of pyridine rings is 1. The maximum absolute atomic E-state index is 14.7. The number of aryl methyl sites for hydroxylation is 2. The van der Waals surface area contributed by atoms with E-state index in [1.54, 1.807) is 19.1 Å². The Morgan fingerprint density at radius 1 is 1.11 bits per heavy atom. The molecule has 2 aliphatic carbocycles. The van der Waals surface area contributed by atoms with Crippen LogP contribution in [0.15, 0.2) is 30.4 Å². The molecule has 1 aromatic heterocycles. The van der Waals surface area contributed by atoms with Gasteiger partial charge in [-0.05, 0) is 90.3 Å². The standard InChI is InChI=1S/C38H43ClF3N5O8S/c1-21-29-24(25-17-23(39)11-12-26(25)43-21)13-14-35(54-29)19-28-30(48)45-37(32(50)47-36(15-16-36)56(47,52)53)18-22(37)9-7-5-4-6-8-10-27(31(49)46(28)20-35)44-33(51)55-34(2,3)38(40,41)42/h7,9,11-12,17,22,27-28H,4-6,8,10,13-16,18-20H2,1-3H3,(H,44,51)(H,45,48)/b9-7-/t22-,27+,28+,35-,37-,47?/m1/s1. The fraction of sp³-hybridized carbons (Fsp3) is 0.605. The van der Waals surface area contributed by atoms with Crippen molar-refractivity contribution >= 4 is 56.3 Å². The first-order chi connectivity index (χ1) is 26.2. The molecule has 5 atom stereocenters. The third-order valence-electron chi connectivity index (χ3n) is 12.3. The minimum atomic E-state index is -4.89. The lowest BCUT2D eigenvalue weighted by Gasteiger charge is -2.37. The second-order valence-electron chi connectivity index (χ2n) is 16.6. The number of fused-ring (bicyclic) bond motifs is 5. The topological polar surface area (TPSA) is 164 Å². The number of amides is 4. The Labute approximate surface area is 326 Å². The Morgan fingerprint density at radius 3 is 2.55 bits per heavy atom. The van der Waals surface area contributed by atoms with Crippen LogP contribution in [0.1, 0.15) is 89.3 Å². The van der Waals surface area contributed by atoms with Crippen LogP contribution in [0.3, 0.4) is 0 Å². The Hall–Kier alpha value is -4.12. The summed E-state index contributed by atoms with van der Waals surface area (Å²) in [7, 11) is -3.82. The number of aromatic nitrogens is 1. The Bertz CT molecular complexity index is 2200. The minimum absolute atomic E-state index is 0.0357. The number of carbonyl (C=O) groups excluding carboxylic acids is 4. The predicted molar refractivity (Wildman–Crippen MR) is 196 cm³/mol. The third-order valence-corrected chi connectivity index (χ3v) is 14.9. The molecule has 6 aliphatic rings. The summed E-state index contributed by atoms with van der Waals surface area (Å²) in [6, 6.07) is 2.71. The van der Waals surface area contributed by atoms with Crippen molar-refractivity contribution in [2.75, 3.05) is 6.54 Å². The number of hydrogen-bond donors (Lipinski definition) is 2. The molecule has 18 heteroatoms. The molecule has 0 bridgehead atoms. The summed E-state index contributed by atoms with van der Waals surface area (Å²) in [5.74, 6) is -2.16. The van der Waals surface area contributed by atoms with Crippen molar-refractivity contribution in [3.05, 3.63) is 46.6 Å². The number of carbonyl (C=O) groups is 4. The number of hydrogen-bond acceptors (Lipinski definition) is 9. The van der Waals surface area contributed by atoms with Crippen LogP contribution in [0, 0.1) is 12.8 Å². The van der Waals surface area contributed by atoms with Crippen molar-refractivity contribution in [3.8, 4) is 5.75 Å². The molecule has 302 valence electrons. The molecular weight excluding hydrogens is 779 g/mol. The summed E-state index contributed by atoms with van der Waals surface area (Å²) in [6.07, 6.45) is 1.24. The molecule has 5 heterocycles. The van der Waals surface area contributed by atoms with E-state index in [1.165, 1.54) is 4.90 Å². The highest BCUT2D eigenvalue weighted by molar-refractivity contribution is 7.98. The Morgan fingerprint density at radius 2 is 1.86 bits per heavy atom. The fourth-order valence-electron chi connectivity index (χ4n) is 8.69. The van der Waals surface area contributed by atoms with Crippen LogP contribution < -0.4 is 15.4 Å². The molecule has 4 fully saturated rings. The summed E-state index contributed by atoms with van der Waals surface area (Å²) >= 11 is 6.34. The molecule has 2 spiro atoms. The third kappa shape index (κ3) is 6.27. The van der Waals surface area contributed by atoms with Crippen LogP contribution in [0.2, 0.25) is 5.02 Å². The molecule has 56 heavy (non-hydrogen) atoms. The van der Waals surface area contributed by atoms with Gasteiger partial charge >= 0.3 is 12.3 Å². The maximum atomic E-state index is 14.7. The van der Waals surface area contributed by atoms with Gasteiger partial charge in [0.05, 0.1) is 17.8 Å². The van der Waals surface area contributed by atoms with Gasteiger partial charge in [-0.3, -0.25) is 14.4 Å². The van der Waals surface area contributed by atoms with Gasteiger partial charge in [0, 0.05) is 28.3 Å². The van der Waals surface area contributed by atoms with Gasteiger partial charge in [-0.2, -0.15) is 13.2 Å². The van der Waals surface area contributed by atoms with E-state index in [1.807, 2.05) is 18.2 Å². The van der Waals surface area contributed by atoms with Crippen molar-refractivity contribution in [2.45, 2.75) is 131 Å². The first-order valence-electron chi connectivity index (χ1n) is 19.0. The average Bonchev–Trinajstić information content (AvgIpc) is 4.06. The molecule has 2 aromatic rings. The number of allylic oxidation sites excluding steroid dienone is 1. The summed E-state index contributed by atoms with van der Waals surface area (Å²) in [5, 5.41) is 6.55. The highest BCUT2D eigenvalue weighted by atomic mass is 35.5. The molecule has 4 amide bonds. The summed E-state index contributed by atoms with van der Waals surface area (Å²) in [5.41, 5.74) is -3.39. The first kappa shape index (κ1) is 38.7. The van der Waals surface area contributed by atoms with E-state index in [-0.39, 0.29) is 25.8 Å². The van der Waals surface area contributed by atoms with Crippen molar-refractivity contribution in [1.82, 2.24) is 24.8 Å². The van der Waals surface area contributed by atoms with Gasteiger partial charge in [0.1, 0.15) is 29.0 Å². The quantitative estimate of drug-likeness (QED) is 0.307. The Kier molecular flexibility index (Phi) is 8.96. The van der Waals surface area contributed by atoms with E-state index >= 15 is 0 Å². The SMILES string of the molecule is Cc1nc2ccc(Cl)cc2c2c1O[C@]1(CC2)C[C@H]2C(=O)N[C@]3(C(=O)N4C5(CC5)S4(=O)=O)C[C@H]3/C=C\CCCCC[C@H](NC(=O)OC(C)(C)C(F)(F)F)C(=O)N2C1. The molecule has 0 radical (unpaired) electrons. The van der Waals surface area contributed by atoms with E-state index in [0.29, 0.717) is 81.7 Å². The number of nitrogens with zero attached hydrogens (tertiary/aromatic N) is 3. The molecule has 8 rings (SSSR count). The number of rotatable bonds is 3. The molecule has 2 saturated heterocycles. The molecular formula is C38H43ClF3N5O8S. The second-order valence-corrected chi connectivity index (χ2v) is 19.1. The van der Waals surface area contributed by atoms with Crippen LogP contribution >= 0.6 is 11.6 Å². The number of alkyl carbamates (subject to hydrolysis) is 1. The number of alkyl halides is 3. The molecule has 4 aliphatic heterocycles. The number of benzene rings is 1. The number of sulfonamides is 1. The van der Waals surface area contributed by atoms with Gasteiger partial charge < -0.3 is 25.0 Å². The lowest BCUT2D eigenvalue weighted by Crippen LogP contribution is -2.57. The van der Waals surface area contributed by atoms with Gasteiger partial charge in [-0.1, -0.05) is 36.6 Å². The smallest absolute Gasteiger partial charge is 0.427 e. The van der Waals surface area contributed by atoms with E-state index in [0.717, 1.165) is 20.8 Å². The molecule has 1 aromatic carbocycles. The predicted octanol–water partition coefficient (Wildman–Crippen LogP) is 5.35. The number of nitrogens with one attached hydrogen (secondary N) is 2. The van der Waals surface area contributed by atoms with E-state index in [9.17, 15) is 40.8 Å². The van der Waals surface area contributed by atoms with E-state index in [2.05, 4.69) is 10.6 Å². The second kappa shape index (κ2) is 12.9. The van der Waals surface area contributed by atoms with Crippen molar-refractivity contribution in [1.29, 1.82) is 0 Å². The monoisotopic (exact) mass is 821 g/mol. The largest absolute Gasteiger partial charge is 0.483 e. The molecule has 2 N–H and O–H groups in total. The van der Waals surface area contributed by atoms with E-state index < -0.39 is 79.6 Å². The van der Waals surface area contributed by atoms with Crippen LogP contribution in [0.25, 0.3) is 10.9 Å². The van der Waals surface area contributed by atoms with Crippen molar-refractivity contribution in [3.63, 3.8) is 0 Å². The van der Waals surface area contributed by atoms with Crippen molar-refractivity contribution < 1.29 is 50.2 Å². The zero-order valence-corrected chi connectivity index (χ0v) is 32.7. The van der Waals surface area contributed by atoms with Crippen LogP contribution in [0.5, 0.6) is 5.75 Å². The van der Waals surface area contributed by atoms with Gasteiger partial charge in [0.2, 0.25) is 17.4 Å². The van der Waals surface area contributed by atoms with Crippen LogP contribution in [-0.2, 0) is 35.6 Å².